The molecule has 0 aromatic heterocycles. The lowest BCUT2D eigenvalue weighted by molar-refractivity contribution is -0.136. The largest absolute Gasteiger partial charge is 0.466 e. The number of carbonyl (C=O) groups excluding carboxylic acids is 1. The summed E-state index contributed by atoms with van der Waals surface area (Å²) in [5.74, 6) is -0.334. The van der Waals surface area contributed by atoms with Crippen LogP contribution in [0.1, 0.15) is 6.42 Å². The molecule has 96 valence electrons. The van der Waals surface area contributed by atoms with E-state index in [1.165, 1.54) is 12.3 Å². The zero-order valence-corrected chi connectivity index (χ0v) is 12.3. The van der Waals surface area contributed by atoms with Crippen molar-refractivity contribution in [3.05, 3.63) is 54.3 Å². The van der Waals surface area contributed by atoms with Gasteiger partial charge in [0.2, 0.25) is 0 Å². The van der Waals surface area contributed by atoms with E-state index in [0.29, 0.717) is 12.0 Å². The van der Waals surface area contributed by atoms with E-state index in [1.807, 2.05) is 12.1 Å². The van der Waals surface area contributed by atoms with Crippen molar-refractivity contribution in [3.8, 4) is 0 Å². The lowest BCUT2D eigenvalue weighted by Crippen LogP contribution is -2.39. The summed E-state index contributed by atoms with van der Waals surface area (Å²) in [6, 6.07) is 10.5. The predicted molar refractivity (Wildman–Crippen MR) is 78.5 cm³/mol. The highest BCUT2D eigenvalue weighted by molar-refractivity contribution is 6.93. The van der Waals surface area contributed by atoms with Gasteiger partial charge < -0.3 is 4.74 Å². The molecule has 18 heavy (non-hydrogen) atoms. The first-order valence-electron chi connectivity index (χ1n) is 5.96. The summed E-state index contributed by atoms with van der Waals surface area (Å²) >= 11 is 0. The second kappa shape index (κ2) is 6.35. The molecule has 0 saturated carbocycles. The quantitative estimate of drug-likeness (QED) is 0.462. The van der Waals surface area contributed by atoms with Crippen LogP contribution in [0.15, 0.2) is 54.3 Å². The van der Waals surface area contributed by atoms with Crippen molar-refractivity contribution < 1.29 is 9.53 Å². The van der Waals surface area contributed by atoms with E-state index < -0.39 is 8.07 Å². The summed E-state index contributed by atoms with van der Waals surface area (Å²) in [6.45, 7) is 8.26. The molecule has 3 heteroatoms. The summed E-state index contributed by atoms with van der Waals surface area (Å²) in [4.78, 5) is 11.2. The minimum absolute atomic E-state index is 0.334. The van der Waals surface area contributed by atoms with Gasteiger partial charge in [-0.3, -0.25) is 0 Å². The van der Waals surface area contributed by atoms with Gasteiger partial charge in [0.15, 0.2) is 0 Å². The zero-order chi connectivity index (χ0) is 13.6. The van der Waals surface area contributed by atoms with Crippen molar-refractivity contribution in [2.24, 2.45) is 0 Å². The molecule has 0 radical (unpaired) electrons. The van der Waals surface area contributed by atoms with E-state index in [2.05, 4.69) is 54.4 Å². The summed E-state index contributed by atoms with van der Waals surface area (Å²) in [5.41, 5.74) is 2.72. The van der Waals surface area contributed by atoms with Gasteiger partial charge in [0.05, 0.1) is 7.11 Å². The van der Waals surface area contributed by atoms with Crippen molar-refractivity contribution in [1.82, 2.24) is 0 Å². The van der Waals surface area contributed by atoms with Crippen LogP contribution in [0.2, 0.25) is 13.1 Å². The van der Waals surface area contributed by atoms with Gasteiger partial charge in [-0.25, -0.2) is 4.79 Å². The lowest BCUT2D eigenvalue weighted by atomic mass is 10.2. The van der Waals surface area contributed by atoms with Gasteiger partial charge in [0.1, 0.15) is 8.07 Å². The number of ether oxygens (including phenoxy) is 1. The fourth-order valence-electron chi connectivity index (χ4n) is 1.69. The molecular formula is C15H20O2Si. The monoisotopic (exact) mass is 260 g/mol. The fourth-order valence-corrected chi connectivity index (χ4v) is 3.64. The number of allylic oxidation sites excluding steroid dienone is 1. The van der Waals surface area contributed by atoms with Gasteiger partial charge >= 0.3 is 5.97 Å². The predicted octanol–water partition coefficient (Wildman–Crippen LogP) is 2.82. The molecule has 0 spiro atoms. The van der Waals surface area contributed by atoms with Crippen molar-refractivity contribution in [3.63, 3.8) is 0 Å². The summed E-state index contributed by atoms with van der Waals surface area (Å²) < 4.78 is 4.62. The molecule has 1 rings (SSSR count). The Morgan fingerprint density at radius 1 is 1.33 bits per heavy atom. The normalized spacial score (nSPS) is 11.5. The minimum Gasteiger partial charge on any atom is -0.466 e. The van der Waals surface area contributed by atoms with Gasteiger partial charge in [0.25, 0.3) is 0 Å². The van der Waals surface area contributed by atoms with Crippen LogP contribution in [-0.2, 0) is 9.53 Å². The maximum atomic E-state index is 11.2. The van der Waals surface area contributed by atoms with E-state index in [4.69, 9.17) is 0 Å². The van der Waals surface area contributed by atoms with Crippen LogP contribution in [0, 0.1) is 0 Å². The topological polar surface area (TPSA) is 26.3 Å². The standard InChI is InChI=1S/C15H20O2Si/c1-13(15(16)17-2)9-8-12-18(3,4)14-10-6-5-7-11-14/h5-8,10-12H,1,9H2,2-4H3/b12-8-. The first kappa shape index (κ1) is 14.4. The Balaban J connectivity index is 2.67. The van der Waals surface area contributed by atoms with Gasteiger partial charge in [-0.05, 0) is 6.42 Å². The molecule has 0 saturated heterocycles. The van der Waals surface area contributed by atoms with Crippen molar-refractivity contribution in [2.75, 3.05) is 7.11 Å². The van der Waals surface area contributed by atoms with Crippen molar-refractivity contribution in [2.45, 2.75) is 19.5 Å². The van der Waals surface area contributed by atoms with Gasteiger partial charge in [-0.15, -0.1) is 0 Å². The Kier molecular flexibility index (Phi) is 5.10. The van der Waals surface area contributed by atoms with E-state index in [1.54, 1.807) is 0 Å². The summed E-state index contributed by atoms with van der Waals surface area (Å²) in [6.07, 6.45) is 2.58. The van der Waals surface area contributed by atoms with Crippen molar-refractivity contribution >= 4 is 19.2 Å². The maximum absolute atomic E-state index is 11.2. The first-order chi connectivity index (χ1) is 8.47. The number of hydrogen-bond acceptors (Lipinski definition) is 2. The van der Waals surface area contributed by atoms with E-state index in [0.717, 1.165) is 0 Å². The molecule has 0 amide bonds. The minimum atomic E-state index is -1.57. The molecule has 0 aliphatic carbocycles. The summed E-state index contributed by atoms with van der Waals surface area (Å²) in [5, 5.41) is 1.38. The molecule has 0 fully saturated rings. The molecular weight excluding hydrogens is 240 g/mol. The zero-order valence-electron chi connectivity index (χ0n) is 11.3. The van der Waals surface area contributed by atoms with Gasteiger partial charge in [0, 0.05) is 5.57 Å². The number of rotatable bonds is 5. The average Bonchev–Trinajstić information content (AvgIpc) is 2.38. The maximum Gasteiger partial charge on any atom is 0.333 e. The first-order valence-corrected chi connectivity index (χ1v) is 9.04. The number of benzene rings is 1. The van der Waals surface area contributed by atoms with Crippen LogP contribution in [-0.4, -0.2) is 21.2 Å². The smallest absolute Gasteiger partial charge is 0.333 e. The Morgan fingerprint density at radius 3 is 2.50 bits per heavy atom. The highest BCUT2D eigenvalue weighted by Gasteiger charge is 2.19. The Morgan fingerprint density at radius 2 is 1.94 bits per heavy atom. The molecule has 2 nitrogen and oxygen atoms in total. The second-order valence-corrected chi connectivity index (χ2v) is 9.14. The van der Waals surface area contributed by atoms with Gasteiger partial charge in [-0.2, -0.15) is 0 Å². The number of esters is 1. The highest BCUT2D eigenvalue weighted by atomic mass is 28.3. The van der Waals surface area contributed by atoms with Crippen LogP contribution in [0.5, 0.6) is 0 Å². The Bertz CT molecular complexity index is 447. The molecule has 0 aliphatic heterocycles. The third kappa shape index (κ3) is 4.00. The van der Waals surface area contributed by atoms with E-state index in [9.17, 15) is 4.79 Å². The SMILES string of the molecule is C=C(C/C=C\[Si](C)(C)c1ccccc1)C(=O)OC. The lowest BCUT2D eigenvalue weighted by Gasteiger charge is -2.18. The van der Waals surface area contributed by atoms with Crippen LogP contribution in [0.4, 0.5) is 0 Å². The average molecular weight is 260 g/mol. The van der Waals surface area contributed by atoms with Gasteiger partial charge in [-0.1, -0.05) is 67.0 Å². The summed E-state index contributed by atoms with van der Waals surface area (Å²) in [7, 11) is -0.190. The van der Waals surface area contributed by atoms with E-state index >= 15 is 0 Å². The molecule has 0 atom stereocenters. The molecule has 0 aliphatic rings. The molecule has 0 heterocycles. The number of methoxy groups -OCH3 is 1. The third-order valence-electron chi connectivity index (χ3n) is 2.89. The van der Waals surface area contributed by atoms with Crippen LogP contribution < -0.4 is 5.19 Å². The molecule has 1 aromatic carbocycles. The van der Waals surface area contributed by atoms with Crippen molar-refractivity contribution in [1.29, 1.82) is 0 Å². The van der Waals surface area contributed by atoms with E-state index in [-0.39, 0.29) is 5.97 Å². The number of hydrogen-bond donors (Lipinski definition) is 0. The van der Waals surface area contributed by atoms with Crippen LogP contribution in [0.25, 0.3) is 0 Å². The molecule has 0 unspecified atom stereocenters. The highest BCUT2D eigenvalue weighted by Crippen LogP contribution is 2.08. The Labute approximate surface area is 110 Å². The van der Waals surface area contributed by atoms with Crippen LogP contribution >= 0.6 is 0 Å². The third-order valence-corrected chi connectivity index (χ3v) is 5.78. The number of carbonyl (C=O) groups is 1. The molecule has 0 bridgehead atoms. The van der Waals surface area contributed by atoms with Crippen LogP contribution in [0.3, 0.4) is 0 Å². The fraction of sp³-hybridized carbons (Fsp3) is 0.267. The Hall–Kier alpha value is -1.61. The second-order valence-electron chi connectivity index (χ2n) is 4.79. The molecule has 0 N–H and O–H groups in total. The molecule has 1 aromatic rings.